The standard InChI is InChI=1S/C27H30N2O5/c30-25(29-15-14-24(29)26(31)32)21-12-2-1-3-13-23(21)28-27(33)34-16-22-19-10-6-4-8-17(19)18-9-5-7-11-20(18)22/h4-11,21-24H,1-3,12-16H2,(H,28,33)(H,31,32). The summed E-state index contributed by atoms with van der Waals surface area (Å²) in [6.45, 7) is 0.683. The summed E-state index contributed by atoms with van der Waals surface area (Å²) in [6.07, 6.45) is 4.10. The SMILES string of the molecule is O=C(NC1CCCCCC1C(=O)N1CCC1C(=O)O)OCC1c2ccccc2-c2ccccc21. The Bertz CT molecular complexity index is 1050. The molecule has 0 aromatic heterocycles. The molecule has 3 aliphatic rings. The van der Waals surface area contributed by atoms with E-state index in [1.807, 2.05) is 24.3 Å². The van der Waals surface area contributed by atoms with E-state index in [1.54, 1.807) is 0 Å². The summed E-state index contributed by atoms with van der Waals surface area (Å²) in [4.78, 5) is 38.9. The van der Waals surface area contributed by atoms with Gasteiger partial charge in [0.2, 0.25) is 5.91 Å². The van der Waals surface area contributed by atoms with E-state index in [0.29, 0.717) is 25.8 Å². The van der Waals surface area contributed by atoms with Crippen LogP contribution in [0, 0.1) is 5.92 Å². The summed E-state index contributed by atoms with van der Waals surface area (Å²) in [7, 11) is 0. The first kappa shape index (κ1) is 22.4. The third-order valence-electron chi connectivity index (χ3n) is 7.57. The summed E-state index contributed by atoms with van der Waals surface area (Å²) in [5, 5.41) is 12.3. The van der Waals surface area contributed by atoms with Crippen molar-refractivity contribution in [1.82, 2.24) is 10.2 Å². The molecule has 7 heteroatoms. The van der Waals surface area contributed by atoms with Crippen molar-refractivity contribution in [2.45, 2.75) is 56.5 Å². The number of hydrogen-bond donors (Lipinski definition) is 2. The number of benzene rings is 2. The average molecular weight is 463 g/mol. The van der Waals surface area contributed by atoms with Gasteiger partial charge in [0.05, 0.1) is 5.92 Å². The fraction of sp³-hybridized carbons (Fsp3) is 0.444. The number of hydrogen-bond acceptors (Lipinski definition) is 4. The fourth-order valence-corrected chi connectivity index (χ4v) is 5.69. The second kappa shape index (κ2) is 9.49. The Hall–Kier alpha value is -3.35. The molecule has 5 rings (SSSR count). The van der Waals surface area contributed by atoms with E-state index < -0.39 is 24.0 Å². The van der Waals surface area contributed by atoms with E-state index in [0.717, 1.165) is 30.4 Å². The molecular formula is C27H30N2O5. The molecule has 34 heavy (non-hydrogen) atoms. The Kier molecular flexibility index (Phi) is 6.26. The molecule has 1 aliphatic heterocycles. The Balaban J connectivity index is 1.25. The van der Waals surface area contributed by atoms with Crippen molar-refractivity contribution in [2.75, 3.05) is 13.2 Å². The van der Waals surface area contributed by atoms with Gasteiger partial charge < -0.3 is 20.1 Å². The van der Waals surface area contributed by atoms with Gasteiger partial charge in [0, 0.05) is 18.5 Å². The minimum absolute atomic E-state index is 0.0258. The molecule has 2 amide bonds. The van der Waals surface area contributed by atoms with Gasteiger partial charge in [-0.15, -0.1) is 0 Å². The van der Waals surface area contributed by atoms with Crippen LogP contribution in [-0.2, 0) is 14.3 Å². The monoisotopic (exact) mass is 462 g/mol. The van der Waals surface area contributed by atoms with Crippen LogP contribution in [0.15, 0.2) is 48.5 Å². The highest BCUT2D eigenvalue weighted by Crippen LogP contribution is 2.44. The second-order valence-corrected chi connectivity index (χ2v) is 9.50. The van der Waals surface area contributed by atoms with Crippen LogP contribution in [0.1, 0.15) is 55.6 Å². The molecule has 178 valence electrons. The van der Waals surface area contributed by atoms with Crippen LogP contribution >= 0.6 is 0 Å². The minimum Gasteiger partial charge on any atom is -0.480 e. The van der Waals surface area contributed by atoms with Gasteiger partial charge in [0.1, 0.15) is 12.6 Å². The van der Waals surface area contributed by atoms with Crippen LogP contribution in [0.25, 0.3) is 11.1 Å². The number of carbonyl (C=O) groups is 3. The maximum Gasteiger partial charge on any atom is 0.407 e. The van der Waals surface area contributed by atoms with E-state index in [9.17, 15) is 19.5 Å². The molecule has 3 unspecified atom stereocenters. The van der Waals surface area contributed by atoms with E-state index >= 15 is 0 Å². The Morgan fingerprint density at radius 3 is 2.18 bits per heavy atom. The summed E-state index contributed by atoms with van der Waals surface area (Å²) in [6, 6.07) is 15.3. The first-order chi connectivity index (χ1) is 16.5. The van der Waals surface area contributed by atoms with Crippen molar-refractivity contribution in [3.8, 4) is 11.1 Å². The van der Waals surface area contributed by atoms with Crippen molar-refractivity contribution in [1.29, 1.82) is 0 Å². The van der Waals surface area contributed by atoms with Crippen molar-refractivity contribution >= 4 is 18.0 Å². The number of fused-ring (bicyclic) bond motifs is 3. The van der Waals surface area contributed by atoms with Gasteiger partial charge >= 0.3 is 12.1 Å². The predicted molar refractivity (Wildman–Crippen MR) is 126 cm³/mol. The molecule has 2 aliphatic carbocycles. The first-order valence-electron chi connectivity index (χ1n) is 12.2. The minimum atomic E-state index is -0.964. The largest absolute Gasteiger partial charge is 0.480 e. The van der Waals surface area contributed by atoms with Gasteiger partial charge in [0.15, 0.2) is 0 Å². The number of ether oxygens (including phenoxy) is 1. The van der Waals surface area contributed by atoms with Crippen LogP contribution in [-0.4, -0.2) is 53.2 Å². The summed E-state index contributed by atoms with van der Waals surface area (Å²) in [5.74, 6) is -1.56. The molecule has 0 radical (unpaired) electrons. The van der Waals surface area contributed by atoms with Gasteiger partial charge in [0.25, 0.3) is 0 Å². The molecule has 2 N–H and O–H groups in total. The number of amides is 2. The summed E-state index contributed by atoms with van der Waals surface area (Å²) in [5.41, 5.74) is 4.64. The van der Waals surface area contributed by atoms with Gasteiger partial charge in [-0.05, 0) is 41.5 Å². The van der Waals surface area contributed by atoms with E-state index in [-0.39, 0.29) is 24.5 Å². The molecule has 7 nitrogen and oxygen atoms in total. The number of nitrogens with one attached hydrogen (secondary N) is 1. The lowest BCUT2D eigenvalue weighted by atomic mass is 9.90. The number of carbonyl (C=O) groups excluding carboxylic acids is 2. The number of rotatable bonds is 5. The molecule has 1 saturated carbocycles. The normalized spacial score (nSPS) is 23.8. The highest BCUT2D eigenvalue weighted by Gasteiger charge is 2.43. The number of carboxylic acid groups (broad SMARTS) is 1. The fourth-order valence-electron chi connectivity index (χ4n) is 5.69. The van der Waals surface area contributed by atoms with E-state index in [1.165, 1.54) is 16.0 Å². The first-order valence-corrected chi connectivity index (χ1v) is 12.2. The van der Waals surface area contributed by atoms with Gasteiger partial charge in [-0.3, -0.25) is 4.79 Å². The molecule has 3 atom stereocenters. The highest BCUT2D eigenvalue weighted by atomic mass is 16.5. The summed E-state index contributed by atoms with van der Waals surface area (Å²) >= 11 is 0. The topological polar surface area (TPSA) is 95.9 Å². The van der Waals surface area contributed by atoms with Crippen LogP contribution in [0.4, 0.5) is 4.79 Å². The molecule has 2 aromatic carbocycles. The quantitative estimate of drug-likeness (QED) is 0.651. The second-order valence-electron chi connectivity index (χ2n) is 9.50. The number of carboxylic acids is 1. The lowest BCUT2D eigenvalue weighted by Crippen LogP contribution is -2.59. The highest BCUT2D eigenvalue weighted by molar-refractivity contribution is 5.87. The van der Waals surface area contributed by atoms with Crippen molar-refractivity contribution < 1.29 is 24.2 Å². The number of likely N-dealkylation sites (tertiary alicyclic amines) is 1. The lowest BCUT2D eigenvalue weighted by molar-refractivity contribution is -0.160. The van der Waals surface area contributed by atoms with Crippen molar-refractivity contribution in [3.63, 3.8) is 0 Å². The average Bonchev–Trinajstić information content (AvgIpc) is 2.93. The smallest absolute Gasteiger partial charge is 0.407 e. The zero-order valence-electron chi connectivity index (χ0n) is 19.1. The van der Waals surface area contributed by atoms with Crippen LogP contribution in [0.5, 0.6) is 0 Å². The molecule has 0 spiro atoms. The molecule has 1 heterocycles. The Morgan fingerprint density at radius 2 is 1.56 bits per heavy atom. The molecule has 0 bridgehead atoms. The van der Waals surface area contributed by atoms with Gasteiger partial charge in [-0.25, -0.2) is 9.59 Å². The zero-order chi connectivity index (χ0) is 23.7. The number of aliphatic carboxylic acids is 1. The molecule has 2 fully saturated rings. The Labute approximate surface area is 199 Å². The Morgan fingerprint density at radius 1 is 0.912 bits per heavy atom. The van der Waals surface area contributed by atoms with Gasteiger partial charge in [-0.1, -0.05) is 67.8 Å². The van der Waals surface area contributed by atoms with Crippen molar-refractivity contribution in [3.05, 3.63) is 59.7 Å². The van der Waals surface area contributed by atoms with E-state index in [4.69, 9.17) is 4.74 Å². The third kappa shape index (κ3) is 4.15. The van der Waals surface area contributed by atoms with Crippen LogP contribution in [0.2, 0.25) is 0 Å². The lowest BCUT2D eigenvalue weighted by Gasteiger charge is -2.41. The van der Waals surface area contributed by atoms with Crippen LogP contribution in [0.3, 0.4) is 0 Å². The summed E-state index contributed by atoms with van der Waals surface area (Å²) < 4.78 is 5.70. The maximum atomic E-state index is 13.2. The maximum absolute atomic E-state index is 13.2. The van der Waals surface area contributed by atoms with E-state index in [2.05, 4.69) is 29.6 Å². The molecular weight excluding hydrogens is 432 g/mol. The zero-order valence-corrected chi connectivity index (χ0v) is 19.1. The van der Waals surface area contributed by atoms with Gasteiger partial charge in [-0.2, -0.15) is 0 Å². The number of alkyl carbamates (subject to hydrolysis) is 1. The molecule has 1 saturated heterocycles. The molecule has 2 aromatic rings. The van der Waals surface area contributed by atoms with Crippen LogP contribution < -0.4 is 5.32 Å². The third-order valence-corrected chi connectivity index (χ3v) is 7.57. The number of nitrogens with zero attached hydrogens (tertiary/aromatic N) is 1. The van der Waals surface area contributed by atoms with Crippen molar-refractivity contribution in [2.24, 2.45) is 5.92 Å². The predicted octanol–water partition coefficient (Wildman–Crippen LogP) is 4.16.